The Bertz CT molecular complexity index is 681. The maximum absolute atomic E-state index is 12.4. The molecule has 0 radical (unpaired) electrons. The number of carbonyl (C=O) groups is 1. The number of aliphatic imine (C=N–C) groups is 1. The molecule has 1 aromatic rings. The summed E-state index contributed by atoms with van der Waals surface area (Å²) in [5.74, 6) is 1.29. The third kappa shape index (κ3) is 7.06. The molecule has 0 aliphatic carbocycles. The van der Waals surface area contributed by atoms with Gasteiger partial charge in [0.2, 0.25) is 5.91 Å². The van der Waals surface area contributed by atoms with Crippen LogP contribution < -0.4 is 5.32 Å². The van der Waals surface area contributed by atoms with Crippen LogP contribution in [0, 0.1) is 13.8 Å². The Morgan fingerprint density at radius 2 is 1.79 bits per heavy atom. The summed E-state index contributed by atoms with van der Waals surface area (Å²) in [5, 5.41) is 4.56. The van der Waals surface area contributed by atoms with E-state index >= 15 is 0 Å². The summed E-state index contributed by atoms with van der Waals surface area (Å²) >= 11 is 1.77. The van der Waals surface area contributed by atoms with Gasteiger partial charge in [0, 0.05) is 63.7 Å². The fraction of sp³-hybridized carbons (Fsp3) is 0.750. The maximum atomic E-state index is 12.4. The average Bonchev–Trinajstić information content (AvgIpc) is 3.32. The number of likely N-dealkylation sites (tertiary alicyclic amines) is 1. The Balaban J connectivity index is 0.00000300. The second kappa shape index (κ2) is 12.0. The van der Waals surface area contributed by atoms with Crippen molar-refractivity contribution >= 4 is 47.2 Å². The number of nitrogens with one attached hydrogen (secondary N) is 1. The molecule has 1 amide bonds. The van der Waals surface area contributed by atoms with Gasteiger partial charge in [-0.1, -0.05) is 0 Å². The van der Waals surface area contributed by atoms with Crippen LogP contribution >= 0.6 is 35.3 Å². The van der Waals surface area contributed by atoms with Gasteiger partial charge in [-0.2, -0.15) is 0 Å². The first-order valence-corrected chi connectivity index (χ1v) is 11.3. The Morgan fingerprint density at radius 3 is 2.38 bits per heavy atom. The number of thiazole rings is 1. The van der Waals surface area contributed by atoms with E-state index in [1.807, 2.05) is 4.90 Å². The summed E-state index contributed by atoms with van der Waals surface area (Å²) < 4.78 is 0. The average molecular weight is 535 g/mol. The monoisotopic (exact) mass is 534 g/mol. The number of nitrogens with zero attached hydrogens (tertiary/aromatic N) is 5. The predicted molar refractivity (Wildman–Crippen MR) is 131 cm³/mol. The van der Waals surface area contributed by atoms with Crippen LogP contribution in [0.2, 0.25) is 0 Å². The summed E-state index contributed by atoms with van der Waals surface area (Å²) in [6.45, 7) is 14.0. The minimum Gasteiger partial charge on any atom is -0.357 e. The van der Waals surface area contributed by atoms with Gasteiger partial charge in [0.05, 0.1) is 17.2 Å². The first kappa shape index (κ1) is 24.3. The van der Waals surface area contributed by atoms with Crippen molar-refractivity contribution in [1.82, 2.24) is 25.0 Å². The van der Waals surface area contributed by atoms with Crippen LogP contribution in [0.1, 0.15) is 35.3 Å². The van der Waals surface area contributed by atoms with Gasteiger partial charge in [0.1, 0.15) is 0 Å². The molecule has 1 N–H and O–H groups in total. The fourth-order valence-electron chi connectivity index (χ4n) is 3.87. The summed E-state index contributed by atoms with van der Waals surface area (Å²) in [6, 6.07) is 0. The molecule has 2 aliphatic rings. The van der Waals surface area contributed by atoms with Gasteiger partial charge in [0.15, 0.2) is 5.96 Å². The van der Waals surface area contributed by atoms with E-state index in [9.17, 15) is 4.79 Å². The second-order valence-electron chi connectivity index (χ2n) is 7.58. The number of amides is 1. The highest BCUT2D eigenvalue weighted by molar-refractivity contribution is 14.0. The zero-order valence-electron chi connectivity index (χ0n) is 17.9. The zero-order valence-corrected chi connectivity index (χ0v) is 21.1. The highest BCUT2D eigenvalue weighted by Gasteiger charge is 2.24. The van der Waals surface area contributed by atoms with Gasteiger partial charge in [-0.05, 0) is 33.6 Å². The van der Waals surface area contributed by atoms with Gasteiger partial charge in [0.25, 0.3) is 0 Å². The third-order valence-electron chi connectivity index (χ3n) is 5.42. The van der Waals surface area contributed by atoms with Gasteiger partial charge in [-0.25, -0.2) is 4.98 Å². The standard InChI is InChI=1S/C20H34N6OS.HI/c1-4-21-20(22-8-7-18-16(2)23-17(3)28-18)26-13-11-24(12-14-26)15-19(27)25-9-5-6-10-25;/h4-15H2,1-3H3,(H,21,22);1H. The van der Waals surface area contributed by atoms with E-state index in [2.05, 4.69) is 40.9 Å². The molecule has 2 fully saturated rings. The summed E-state index contributed by atoms with van der Waals surface area (Å²) in [6.07, 6.45) is 3.25. The van der Waals surface area contributed by atoms with E-state index < -0.39 is 0 Å². The lowest BCUT2D eigenvalue weighted by molar-refractivity contribution is -0.131. The number of aryl methyl sites for hydroxylation is 2. The molecule has 9 heteroatoms. The van der Waals surface area contributed by atoms with Crippen LogP contribution in [0.25, 0.3) is 0 Å². The van der Waals surface area contributed by atoms with Crippen molar-refractivity contribution in [3.63, 3.8) is 0 Å². The lowest BCUT2D eigenvalue weighted by Gasteiger charge is -2.36. The van der Waals surface area contributed by atoms with Gasteiger partial charge in [-0.3, -0.25) is 14.7 Å². The van der Waals surface area contributed by atoms with Crippen LogP contribution in [0.3, 0.4) is 0 Å². The van der Waals surface area contributed by atoms with Gasteiger partial charge >= 0.3 is 0 Å². The topological polar surface area (TPSA) is 64.1 Å². The largest absolute Gasteiger partial charge is 0.357 e. The molecule has 0 atom stereocenters. The predicted octanol–water partition coefficient (Wildman–Crippen LogP) is 2.13. The SMILES string of the molecule is CCNC(=NCCc1sc(C)nc1C)N1CCN(CC(=O)N2CCCC2)CC1.I. The number of halogens is 1. The van der Waals surface area contributed by atoms with Crippen LogP contribution in [-0.4, -0.2) is 90.5 Å². The Hall–Kier alpha value is -0.940. The summed E-state index contributed by atoms with van der Waals surface area (Å²) in [4.78, 5) is 29.7. The molecular weight excluding hydrogens is 499 g/mol. The van der Waals surface area contributed by atoms with Crippen molar-refractivity contribution in [3.8, 4) is 0 Å². The lowest BCUT2D eigenvalue weighted by Crippen LogP contribution is -2.54. The van der Waals surface area contributed by atoms with Crippen molar-refractivity contribution in [2.45, 2.75) is 40.0 Å². The highest BCUT2D eigenvalue weighted by atomic mass is 127. The van der Waals surface area contributed by atoms with Crippen LogP contribution in [0.5, 0.6) is 0 Å². The van der Waals surface area contributed by atoms with E-state index in [0.29, 0.717) is 12.5 Å². The van der Waals surface area contributed by atoms with Gasteiger partial charge in [-0.15, -0.1) is 35.3 Å². The van der Waals surface area contributed by atoms with Crippen molar-refractivity contribution in [1.29, 1.82) is 0 Å². The molecule has 0 aromatic carbocycles. The number of carbonyl (C=O) groups excluding carboxylic acids is 1. The highest BCUT2D eigenvalue weighted by Crippen LogP contribution is 2.17. The summed E-state index contributed by atoms with van der Waals surface area (Å²) in [5.41, 5.74) is 1.14. The van der Waals surface area contributed by atoms with Crippen molar-refractivity contribution < 1.29 is 4.79 Å². The van der Waals surface area contributed by atoms with Crippen molar-refractivity contribution in [2.75, 3.05) is 58.9 Å². The molecule has 3 heterocycles. The number of rotatable bonds is 6. The van der Waals surface area contributed by atoms with E-state index in [1.165, 1.54) is 4.88 Å². The Kier molecular flexibility index (Phi) is 10.1. The molecule has 2 saturated heterocycles. The lowest BCUT2D eigenvalue weighted by atomic mass is 10.3. The molecule has 7 nitrogen and oxygen atoms in total. The molecule has 0 bridgehead atoms. The molecule has 3 rings (SSSR count). The van der Waals surface area contributed by atoms with Gasteiger partial charge < -0.3 is 15.1 Å². The fourth-order valence-corrected chi connectivity index (χ4v) is 4.80. The normalized spacial score (nSPS) is 18.1. The van der Waals surface area contributed by atoms with Crippen LogP contribution in [0.15, 0.2) is 4.99 Å². The number of hydrogen-bond donors (Lipinski definition) is 1. The Labute approximate surface area is 196 Å². The maximum Gasteiger partial charge on any atom is 0.236 e. The Morgan fingerprint density at radius 1 is 1.10 bits per heavy atom. The zero-order chi connectivity index (χ0) is 19.9. The summed E-state index contributed by atoms with van der Waals surface area (Å²) in [7, 11) is 0. The minimum absolute atomic E-state index is 0. The van der Waals surface area contributed by atoms with E-state index in [0.717, 1.165) is 88.3 Å². The molecule has 0 saturated carbocycles. The van der Waals surface area contributed by atoms with Crippen molar-refractivity contribution in [2.24, 2.45) is 4.99 Å². The van der Waals surface area contributed by atoms with Crippen LogP contribution in [0.4, 0.5) is 0 Å². The minimum atomic E-state index is 0. The molecule has 1 aromatic heterocycles. The van der Waals surface area contributed by atoms with E-state index in [-0.39, 0.29) is 24.0 Å². The van der Waals surface area contributed by atoms with Crippen molar-refractivity contribution in [3.05, 3.63) is 15.6 Å². The first-order valence-electron chi connectivity index (χ1n) is 10.5. The molecule has 164 valence electrons. The number of piperazine rings is 1. The molecule has 2 aliphatic heterocycles. The third-order valence-corrected chi connectivity index (χ3v) is 6.56. The quantitative estimate of drug-likeness (QED) is 0.344. The molecule has 29 heavy (non-hydrogen) atoms. The number of aromatic nitrogens is 1. The van der Waals surface area contributed by atoms with E-state index in [1.54, 1.807) is 11.3 Å². The molecule has 0 spiro atoms. The number of guanidine groups is 1. The van der Waals surface area contributed by atoms with Crippen LogP contribution in [-0.2, 0) is 11.2 Å². The molecule has 0 unspecified atom stereocenters. The second-order valence-corrected chi connectivity index (χ2v) is 8.87. The number of hydrogen-bond acceptors (Lipinski definition) is 5. The van der Waals surface area contributed by atoms with E-state index in [4.69, 9.17) is 4.99 Å². The first-order chi connectivity index (χ1) is 13.6. The smallest absolute Gasteiger partial charge is 0.236 e. The molecular formula is C20H35IN6OS.